The van der Waals surface area contributed by atoms with Crippen molar-refractivity contribution >= 4 is 38.6 Å². The van der Waals surface area contributed by atoms with E-state index in [4.69, 9.17) is 4.74 Å². The van der Waals surface area contributed by atoms with Crippen LogP contribution in [0.1, 0.15) is 25.7 Å². The molecule has 2 aromatic heterocycles. The lowest BCUT2D eigenvalue weighted by Crippen LogP contribution is -2.40. The summed E-state index contributed by atoms with van der Waals surface area (Å²) >= 11 is 3.37. The minimum atomic E-state index is -0.252. The molecular weight excluding hydrogens is 536 g/mol. The molecule has 2 fully saturated rings. The molecule has 9 heteroatoms. The fraction of sp³-hybridized carbons (Fsp3) is 0.321. The number of carbonyl (C=O) groups excluding carboxylic acids is 1. The number of carbonyl (C=O) groups is 1. The summed E-state index contributed by atoms with van der Waals surface area (Å²) in [5.41, 5.74) is 3.01. The van der Waals surface area contributed by atoms with Crippen LogP contribution in [0.2, 0.25) is 0 Å². The molecule has 2 saturated carbocycles. The van der Waals surface area contributed by atoms with Crippen molar-refractivity contribution in [3.05, 3.63) is 79.9 Å². The van der Waals surface area contributed by atoms with Crippen LogP contribution in [0, 0.1) is 11.8 Å². The first-order valence-electron chi connectivity index (χ1n) is 12.6. The number of nitrogens with one attached hydrogen (secondary N) is 2. The number of fused-ring (bicyclic) bond motifs is 1. The Balaban J connectivity index is 1.21. The van der Waals surface area contributed by atoms with E-state index in [1.165, 1.54) is 4.57 Å². The van der Waals surface area contributed by atoms with Gasteiger partial charge in [0, 0.05) is 28.9 Å². The molecule has 2 aliphatic rings. The molecular formula is C28H27BrN4O4. The molecule has 6 rings (SSSR count). The third-order valence-corrected chi connectivity index (χ3v) is 7.48. The lowest BCUT2D eigenvalue weighted by Gasteiger charge is -2.11. The summed E-state index contributed by atoms with van der Waals surface area (Å²) in [6.45, 7) is 1.02. The predicted molar refractivity (Wildman–Crippen MR) is 146 cm³/mol. The van der Waals surface area contributed by atoms with Gasteiger partial charge in [-0.25, -0.2) is 4.79 Å². The summed E-state index contributed by atoms with van der Waals surface area (Å²) in [5.74, 6) is 1.24. The van der Waals surface area contributed by atoms with Crippen LogP contribution in [-0.2, 0) is 17.9 Å². The zero-order valence-electron chi connectivity index (χ0n) is 20.2. The van der Waals surface area contributed by atoms with Crippen LogP contribution >= 0.6 is 15.9 Å². The highest BCUT2D eigenvalue weighted by molar-refractivity contribution is 9.10. The molecule has 0 atom stereocenters. The standard InChI is InChI=1S/C28H27BrN4O4/c29-20-7-9-21(10-8-20)30-25(34)16-37-22-11-5-19(6-12-22)23-13-24-26(31-23)27(35)33(15-18-3-4-18)28(36)32(24)14-17-1-2-17/h5-13,17-18,31H,1-4,14-16H2,(H,30,34). The Morgan fingerprint density at radius 3 is 2.24 bits per heavy atom. The largest absolute Gasteiger partial charge is 0.484 e. The van der Waals surface area contributed by atoms with Crippen molar-refractivity contribution in [1.29, 1.82) is 0 Å². The van der Waals surface area contributed by atoms with Crippen LogP contribution in [0.5, 0.6) is 5.75 Å². The summed E-state index contributed by atoms with van der Waals surface area (Å²) in [7, 11) is 0. The average molecular weight is 563 g/mol. The lowest BCUT2D eigenvalue weighted by molar-refractivity contribution is -0.118. The van der Waals surface area contributed by atoms with Crippen molar-refractivity contribution in [3.8, 4) is 17.0 Å². The number of H-pyrrole nitrogens is 1. The van der Waals surface area contributed by atoms with Gasteiger partial charge in [0.15, 0.2) is 6.61 Å². The molecule has 0 radical (unpaired) electrons. The highest BCUT2D eigenvalue weighted by Gasteiger charge is 2.28. The second kappa shape index (κ2) is 9.70. The normalized spacial score (nSPS) is 15.2. The number of hydrogen-bond donors (Lipinski definition) is 2. The summed E-state index contributed by atoms with van der Waals surface area (Å²) in [4.78, 5) is 42.0. The number of aromatic amines is 1. The van der Waals surface area contributed by atoms with E-state index in [1.54, 1.807) is 16.7 Å². The molecule has 8 nitrogen and oxygen atoms in total. The first-order chi connectivity index (χ1) is 17.9. The molecule has 0 bridgehead atoms. The number of hydrogen-bond acceptors (Lipinski definition) is 4. The maximum atomic E-state index is 13.2. The molecule has 37 heavy (non-hydrogen) atoms. The fourth-order valence-electron chi connectivity index (χ4n) is 4.51. The Kier molecular flexibility index (Phi) is 6.24. The molecule has 2 N–H and O–H groups in total. The van der Waals surface area contributed by atoms with E-state index in [0.717, 1.165) is 41.4 Å². The molecule has 2 heterocycles. The van der Waals surface area contributed by atoms with Crippen LogP contribution in [-0.4, -0.2) is 26.6 Å². The monoisotopic (exact) mass is 562 g/mol. The molecule has 4 aromatic rings. The number of anilines is 1. The van der Waals surface area contributed by atoms with Crippen LogP contribution < -0.4 is 21.3 Å². The van der Waals surface area contributed by atoms with Crippen LogP contribution in [0.3, 0.4) is 0 Å². The Hall–Kier alpha value is -3.59. The number of halogens is 1. The van der Waals surface area contributed by atoms with Gasteiger partial charge >= 0.3 is 5.69 Å². The highest BCUT2D eigenvalue weighted by Crippen LogP contribution is 2.32. The van der Waals surface area contributed by atoms with E-state index in [2.05, 4.69) is 26.2 Å². The SMILES string of the molecule is O=C(COc1ccc(-c2cc3c([nH]2)c(=O)n(CC2CC2)c(=O)n3CC2CC2)cc1)Nc1ccc(Br)cc1. The number of benzene rings is 2. The van der Waals surface area contributed by atoms with Gasteiger partial charge in [-0.15, -0.1) is 0 Å². The van der Waals surface area contributed by atoms with Crippen molar-refractivity contribution in [2.45, 2.75) is 38.8 Å². The van der Waals surface area contributed by atoms with E-state index in [0.29, 0.717) is 47.4 Å². The van der Waals surface area contributed by atoms with Gasteiger partial charge in [0.05, 0.1) is 5.52 Å². The van der Waals surface area contributed by atoms with Crippen LogP contribution in [0.25, 0.3) is 22.3 Å². The molecule has 0 unspecified atom stereocenters. The highest BCUT2D eigenvalue weighted by atomic mass is 79.9. The van der Waals surface area contributed by atoms with Crippen molar-refractivity contribution < 1.29 is 9.53 Å². The fourth-order valence-corrected chi connectivity index (χ4v) is 4.77. The van der Waals surface area contributed by atoms with Gasteiger partial charge in [-0.3, -0.25) is 18.7 Å². The van der Waals surface area contributed by atoms with Crippen LogP contribution in [0.15, 0.2) is 68.7 Å². The van der Waals surface area contributed by atoms with Gasteiger partial charge in [-0.2, -0.15) is 0 Å². The third-order valence-electron chi connectivity index (χ3n) is 6.95. The van der Waals surface area contributed by atoms with Gasteiger partial charge in [0.25, 0.3) is 11.5 Å². The number of amides is 1. The van der Waals surface area contributed by atoms with Gasteiger partial charge < -0.3 is 15.0 Å². The number of aromatic nitrogens is 3. The first kappa shape index (κ1) is 23.8. The number of rotatable bonds is 9. The predicted octanol–water partition coefficient (Wildman–Crippen LogP) is 4.76. The van der Waals surface area contributed by atoms with Crippen molar-refractivity contribution in [1.82, 2.24) is 14.1 Å². The van der Waals surface area contributed by atoms with E-state index < -0.39 is 0 Å². The maximum Gasteiger partial charge on any atom is 0.331 e. The van der Waals surface area contributed by atoms with Gasteiger partial charge in [-0.1, -0.05) is 15.9 Å². The zero-order valence-corrected chi connectivity index (χ0v) is 21.8. The van der Waals surface area contributed by atoms with Gasteiger partial charge in [0.2, 0.25) is 0 Å². The van der Waals surface area contributed by atoms with Gasteiger partial charge in [0.1, 0.15) is 11.3 Å². The van der Waals surface area contributed by atoms with Crippen molar-refractivity contribution in [3.63, 3.8) is 0 Å². The molecule has 2 aliphatic carbocycles. The Labute approximate surface area is 221 Å². The number of nitrogens with zero attached hydrogens (tertiary/aromatic N) is 2. The smallest absolute Gasteiger partial charge is 0.331 e. The minimum Gasteiger partial charge on any atom is -0.484 e. The van der Waals surface area contributed by atoms with E-state index in [-0.39, 0.29) is 23.8 Å². The molecule has 190 valence electrons. The molecule has 0 aliphatic heterocycles. The number of ether oxygens (including phenoxy) is 1. The second-order valence-corrected chi connectivity index (χ2v) is 10.9. The van der Waals surface area contributed by atoms with Crippen LogP contribution in [0.4, 0.5) is 5.69 Å². The van der Waals surface area contributed by atoms with E-state index >= 15 is 0 Å². The summed E-state index contributed by atoms with van der Waals surface area (Å²) in [5, 5.41) is 2.80. The van der Waals surface area contributed by atoms with Gasteiger partial charge in [-0.05, 0) is 97.7 Å². The second-order valence-electron chi connectivity index (χ2n) is 10.0. The molecule has 0 spiro atoms. The van der Waals surface area contributed by atoms with Crippen molar-refractivity contribution in [2.75, 3.05) is 11.9 Å². The Bertz CT molecular complexity index is 1580. The average Bonchev–Trinajstić information content (AvgIpc) is 3.84. The Morgan fingerprint density at radius 2 is 1.59 bits per heavy atom. The lowest BCUT2D eigenvalue weighted by atomic mass is 10.1. The molecule has 0 saturated heterocycles. The Morgan fingerprint density at radius 1 is 0.946 bits per heavy atom. The molecule has 1 amide bonds. The third kappa shape index (κ3) is 5.27. The summed E-state index contributed by atoms with van der Waals surface area (Å²) < 4.78 is 9.78. The molecule has 2 aromatic carbocycles. The first-order valence-corrected chi connectivity index (χ1v) is 13.4. The zero-order chi connectivity index (χ0) is 25.5. The van der Waals surface area contributed by atoms with E-state index in [9.17, 15) is 14.4 Å². The van der Waals surface area contributed by atoms with Crippen molar-refractivity contribution in [2.24, 2.45) is 11.8 Å². The quantitative estimate of drug-likeness (QED) is 0.307. The topological polar surface area (TPSA) is 98.1 Å². The summed E-state index contributed by atoms with van der Waals surface area (Å²) in [6.07, 6.45) is 4.39. The van der Waals surface area contributed by atoms with E-state index in [1.807, 2.05) is 42.5 Å². The minimum absolute atomic E-state index is 0.115. The summed E-state index contributed by atoms with van der Waals surface area (Å²) in [6, 6.07) is 16.5. The maximum absolute atomic E-state index is 13.2.